The van der Waals surface area contributed by atoms with Crippen molar-refractivity contribution in [3.05, 3.63) is 35.9 Å². The molecular weight excluding hydrogens is 278 g/mol. The van der Waals surface area contributed by atoms with Crippen LogP contribution < -0.4 is 10.6 Å². The van der Waals surface area contributed by atoms with Gasteiger partial charge in [0.2, 0.25) is 0 Å². The number of aliphatic hydroxyl groups is 1. The van der Waals surface area contributed by atoms with Gasteiger partial charge in [0.25, 0.3) is 0 Å². The van der Waals surface area contributed by atoms with Crippen molar-refractivity contribution in [1.29, 1.82) is 0 Å². The van der Waals surface area contributed by atoms with Crippen LogP contribution in [0, 0.1) is 0 Å². The minimum Gasteiger partial charge on any atom is -0.389 e. The van der Waals surface area contributed by atoms with Gasteiger partial charge < -0.3 is 20.5 Å². The van der Waals surface area contributed by atoms with Gasteiger partial charge in [0.1, 0.15) is 0 Å². The lowest BCUT2D eigenvalue weighted by Crippen LogP contribution is -2.48. The lowest BCUT2D eigenvalue weighted by atomic mass is 10.1. The van der Waals surface area contributed by atoms with Crippen molar-refractivity contribution in [1.82, 2.24) is 10.6 Å². The van der Waals surface area contributed by atoms with Gasteiger partial charge >= 0.3 is 0 Å². The van der Waals surface area contributed by atoms with Gasteiger partial charge in [-0.05, 0) is 33.3 Å². The average Bonchev–Trinajstić information content (AvgIpc) is 2.45. The molecule has 124 valence electrons. The maximum atomic E-state index is 9.95. The summed E-state index contributed by atoms with van der Waals surface area (Å²) in [5.74, 6) is 0.706. The largest absolute Gasteiger partial charge is 0.389 e. The molecule has 0 heterocycles. The van der Waals surface area contributed by atoms with Gasteiger partial charge in [-0.3, -0.25) is 4.99 Å². The lowest BCUT2D eigenvalue weighted by Gasteiger charge is -2.24. The molecule has 3 N–H and O–H groups in total. The first-order chi connectivity index (χ1) is 10.4. The zero-order valence-electron chi connectivity index (χ0n) is 14.1. The Balaban J connectivity index is 2.35. The van der Waals surface area contributed by atoms with Gasteiger partial charge in [-0.15, -0.1) is 0 Å². The molecule has 5 heteroatoms. The second kappa shape index (κ2) is 9.43. The molecule has 1 atom stereocenters. The van der Waals surface area contributed by atoms with E-state index in [9.17, 15) is 5.11 Å². The number of benzene rings is 1. The predicted octanol–water partition coefficient (Wildman–Crippen LogP) is 1.92. The Morgan fingerprint density at radius 3 is 2.55 bits per heavy atom. The summed E-state index contributed by atoms with van der Waals surface area (Å²) in [4.78, 5) is 4.39. The Hall–Kier alpha value is -1.59. The van der Waals surface area contributed by atoms with E-state index in [1.165, 1.54) is 0 Å². The summed E-state index contributed by atoms with van der Waals surface area (Å²) in [5, 5.41) is 16.4. The molecule has 1 rings (SSSR count). The minimum atomic E-state index is -0.612. The number of aliphatic imine (C=N–C) groups is 1. The molecular formula is C17H29N3O2. The SMILES string of the molecule is CCNC(=NCC(O)COCc1ccccc1)NC(C)(C)C. The minimum absolute atomic E-state index is 0.0736. The molecule has 1 aromatic carbocycles. The van der Waals surface area contributed by atoms with E-state index in [2.05, 4.69) is 36.4 Å². The zero-order chi connectivity index (χ0) is 16.4. The first kappa shape index (κ1) is 18.5. The van der Waals surface area contributed by atoms with Crippen molar-refractivity contribution in [2.24, 2.45) is 4.99 Å². The third-order valence-electron chi connectivity index (χ3n) is 2.72. The van der Waals surface area contributed by atoms with Gasteiger partial charge in [-0.25, -0.2) is 0 Å². The zero-order valence-corrected chi connectivity index (χ0v) is 14.1. The molecule has 0 fully saturated rings. The topological polar surface area (TPSA) is 65.9 Å². The van der Waals surface area contributed by atoms with Gasteiger partial charge in [0, 0.05) is 12.1 Å². The standard InChI is InChI=1S/C17H29N3O2/c1-5-18-16(20-17(2,3)4)19-11-15(21)13-22-12-14-9-7-6-8-10-14/h6-10,15,21H,5,11-13H2,1-4H3,(H2,18,19,20). The van der Waals surface area contributed by atoms with Crippen LogP contribution >= 0.6 is 0 Å². The van der Waals surface area contributed by atoms with Crippen molar-refractivity contribution in [2.45, 2.75) is 45.9 Å². The second-order valence-electron chi connectivity index (χ2n) is 6.25. The molecule has 0 bridgehead atoms. The van der Waals surface area contributed by atoms with Crippen LogP contribution in [0.3, 0.4) is 0 Å². The fourth-order valence-electron chi connectivity index (χ4n) is 1.80. The van der Waals surface area contributed by atoms with Crippen LogP contribution in [0.2, 0.25) is 0 Å². The van der Waals surface area contributed by atoms with E-state index in [4.69, 9.17) is 4.74 Å². The first-order valence-electron chi connectivity index (χ1n) is 7.77. The van der Waals surface area contributed by atoms with E-state index in [-0.39, 0.29) is 12.1 Å². The van der Waals surface area contributed by atoms with Crippen LogP contribution in [-0.4, -0.2) is 42.4 Å². The molecule has 0 saturated carbocycles. The fourth-order valence-corrected chi connectivity index (χ4v) is 1.80. The highest BCUT2D eigenvalue weighted by Gasteiger charge is 2.12. The smallest absolute Gasteiger partial charge is 0.191 e. The fraction of sp³-hybridized carbons (Fsp3) is 0.588. The third-order valence-corrected chi connectivity index (χ3v) is 2.72. The lowest BCUT2D eigenvalue weighted by molar-refractivity contribution is 0.0331. The number of hydrogen-bond acceptors (Lipinski definition) is 3. The first-order valence-corrected chi connectivity index (χ1v) is 7.77. The van der Waals surface area contributed by atoms with Gasteiger partial charge in [0.05, 0.1) is 25.9 Å². The van der Waals surface area contributed by atoms with Crippen LogP contribution in [0.15, 0.2) is 35.3 Å². The van der Waals surface area contributed by atoms with Crippen molar-refractivity contribution >= 4 is 5.96 Å². The number of rotatable bonds is 7. The highest BCUT2D eigenvalue weighted by Crippen LogP contribution is 2.01. The Labute approximate surface area is 133 Å². The number of aliphatic hydroxyl groups excluding tert-OH is 1. The van der Waals surface area contributed by atoms with Crippen LogP contribution in [0.4, 0.5) is 0 Å². The van der Waals surface area contributed by atoms with Crippen molar-refractivity contribution < 1.29 is 9.84 Å². The summed E-state index contributed by atoms with van der Waals surface area (Å²) in [7, 11) is 0. The van der Waals surface area contributed by atoms with Crippen LogP contribution in [0.5, 0.6) is 0 Å². The molecule has 22 heavy (non-hydrogen) atoms. The number of nitrogens with one attached hydrogen (secondary N) is 2. The summed E-state index contributed by atoms with van der Waals surface area (Å²) in [6, 6.07) is 9.92. The summed E-state index contributed by atoms with van der Waals surface area (Å²) in [5.41, 5.74) is 1.02. The van der Waals surface area contributed by atoms with E-state index < -0.39 is 6.10 Å². The quantitative estimate of drug-likeness (QED) is 0.532. The highest BCUT2D eigenvalue weighted by atomic mass is 16.5. The molecule has 0 aliphatic carbocycles. The Bertz CT molecular complexity index is 441. The molecule has 0 radical (unpaired) electrons. The summed E-state index contributed by atoms with van der Waals surface area (Å²) < 4.78 is 5.51. The van der Waals surface area contributed by atoms with Gasteiger partial charge in [0.15, 0.2) is 5.96 Å². The van der Waals surface area contributed by atoms with Crippen molar-refractivity contribution in [3.63, 3.8) is 0 Å². The Morgan fingerprint density at radius 1 is 1.27 bits per heavy atom. The predicted molar refractivity (Wildman–Crippen MR) is 91.0 cm³/mol. The molecule has 0 amide bonds. The molecule has 0 aliphatic heterocycles. The number of guanidine groups is 1. The molecule has 1 unspecified atom stereocenters. The maximum Gasteiger partial charge on any atom is 0.191 e. The van der Waals surface area contributed by atoms with E-state index in [1.54, 1.807) is 0 Å². The van der Waals surface area contributed by atoms with Crippen molar-refractivity contribution in [2.75, 3.05) is 19.7 Å². The van der Waals surface area contributed by atoms with Gasteiger partial charge in [-0.1, -0.05) is 30.3 Å². The second-order valence-corrected chi connectivity index (χ2v) is 6.25. The average molecular weight is 307 g/mol. The summed E-state index contributed by atoms with van der Waals surface area (Å²) in [6.07, 6.45) is -0.612. The monoisotopic (exact) mass is 307 g/mol. The normalized spacial score (nSPS) is 13.8. The number of ether oxygens (including phenoxy) is 1. The van der Waals surface area contributed by atoms with Crippen LogP contribution in [-0.2, 0) is 11.3 Å². The molecule has 1 aromatic rings. The summed E-state index contributed by atoms with van der Waals surface area (Å²) in [6.45, 7) is 10.1. The van der Waals surface area contributed by atoms with E-state index in [0.29, 0.717) is 19.1 Å². The van der Waals surface area contributed by atoms with E-state index in [1.807, 2.05) is 37.3 Å². The van der Waals surface area contributed by atoms with Gasteiger partial charge in [-0.2, -0.15) is 0 Å². The molecule has 0 aromatic heterocycles. The number of hydrogen-bond donors (Lipinski definition) is 3. The van der Waals surface area contributed by atoms with Crippen LogP contribution in [0.25, 0.3) is 0 Å². The Morgan fingerprint density at radius 2 is 1.95 bits per heavy atom. The molecule has 5 nitrogen and oxygen atoms in total. The highest BCUT2D eigenvalue weighted by molar-refractivity contribution is 5.80. The Kier molecular flexibility index (Phi) is 7.91. The molecule has 0 saturated heterocycles. The van der Waals surface area contributed by atoms with Crippen molar-refractivity contribution in [3.8, 4) is 0 Å². The molecule has 0 spiro atoms. The van der Waals surface area contributed by atoms with Crippen LogP contribution in [0.1, 0.15) is 33.3 Å². The van der Waals surface area contributed by atoms with E-state index in [0.717, 1.165) is 12.1 Å². The van der Waals surface area contributed by atoms with E-state index >= 15 is 0 Å². The molecule has 0 aliphatic rings. The third kappa shape index (κ3) is 8.64. The maximum absolute atomic E-state index is 9.95. The summed E-state index contributed by atoms with van der Waals surface area (Å²) >= 11 is 0. The number of nitrogens with zero attached hydrogens (tertiary/aromatic N) is 1.